The van der Waals surface area contributed by atoms with Gasteiger partial charge in [-0.2, -0.15) is 0 Å². The van der Waals surface area contributed by atoms with Crippen LogP contribution in [0.4, 0.5) is 0 Å². The first-order valence-electron chi connectivity index (χ1n) is 11.8. The second kappa shape index (κ2) is 12.9. The van der Waals surface area contributed by atoms with Gasteiger partial charge in [0.15, 0.2) is 6.10 Å². The molecule has 0 aromatic heterocycles. The highest BCUT2D eigenvalue weighted by Gasteiger charge is 2.57. The Balaban J connectivity index is 2.33. The van der Waals surface area contributed by atoms with Gasteiger partial charge in [-0.1, -0.05) is 50.3 Å². The van der Waals surface area contributed by atoms with Crippen molar-refractivity contribution in [3.63, 3.8) is 0 Å². The number of methoxy groups -OCH3 is 1. The molecule has 1 unspecified atom stereocenters. The quantitative estimate of drug-likeness (QED) is 0.265. The number of esters is 2. The Bertz CT molecular complexity index is 953. The van der Waals surface area contributed by atoms with Crippen molar-refractivity contribution >= 4 is 18.2 Å². The molecule has 1 aliphatic rings. The Morgan fingerprint density at radius 3 is 2.53 bits per heavy atom. The summed E-state index contributed by atoms with van der Waals surface area (Å²) in [4.78, 5) is 35.0. The van der Waals surface area contributed by atoms with Crippen LogP contribution in [0.3, 0.4) is 0 Å². The Morgan fingerprint density at radius 1 is 1.28 bits per heavy atom. The molecule has 0 spiro atoms. The van der Waals surface area contributed by atoms with Crippen molar-refractivity contribution < 1.29 is 43.5 Å². The van der Waals surface area contributed by atoms with Gasteiger partial charge in [0.05, 0.1) is 32.0 Å². The van der Waals surface area contributed by atoms with Gasteiger partial charge in [0, 0.05) is 24.8 Å². The van der Waals surface area contributed by atoms with Crippen molar-refractivity contribution in [3.05, 3.63) is 59.7 Å². The van der Waals surface area contributed by atoms with E-state index in [-0.39, 0.29) is 18.4 Å². The molecule has 1 heterocycles. The Hall–Kier alpha value is -2.85. The van der Waals surface area contributed by atoms with Crippen molar-refractivity contribution in [1.82, 2.24) is 0 Å². The first-order valence-corrected chi connectivity index (χ1v) is 11.8. The van der Waals surface area contributed by atoms with E-state index in [4.69, 9.17) is 18.9 Å². The van der Waals surface area contributed by atoms with Gasteiger partial charge in [-0.05, 0) is 30.6 Å². The number of hydrogen-bond donors (Lipinski definition) is 2. The minimum absolute atomic E-state index is 0.0526. The fraction of sp³-hybridized carbons (Fsp3) is 0.519. The molecule has 0 bridgehead atoms. The topological polar surface area (TPSA) is 129 Å². The minimum Gasteiger partial charge on any atom is -0.466 e. The number of allylic oxidation sites excluding steroid dienone is 1. The van der Waals surface area contributed by atoms with Gasteiger partial charge in [-0.25, -0.2) is 4.79 Å². The molecule has 9 heteroatoms. The smallest absolute Gasteiger partial charge is 0.330 e. The normalized spacial score (nSPS) is 25.4. The van der Waals surface area contributed by atoms with Crippen LogP contribution in [0.25, 0.3) is 0 Å². The first kappa shape index (κ1) is 29.4. The average molecular weight is 505 g/mol. The van der Waals surface area contributed by atoms with E-state index in [1.54, 1.807) is 20.8 Å². The molecule has 1 saturated heterocycles. The summed E-state index contributed by atoms with van der Waals surface area (Å²) in [6, 6.07) is 9.52. The summed E-state index contributed by atoms with van der Waals surface area (Å²) in [5.74, 6) is -3.57. The summed E-state index contributed by atoms with van der Waals surface area (Å²) in [5.41, 5.74) is -0.0352. The van der Waals surface area contributed by atoms with Crippen molar-refractivity contribution in [2.24, 2.45) is 5.41 Å². The lowest BCUT2D eigenvalue weighted by Gasteiger charge is -2.50. The highest BCUT2D eigenvalue weighted by molar-refractivity contribution is 5.83. The molecule has 1 fully saturated rings. The van der Waals surface area contributed by atoms with Gasteiger partial charge in [-0.3, -0.25) is 9.59 Å². The van der Waals surface area contributed by atoms with Crippen LogP contribution >= 0.6 is 0 Å². The number of benzene rings is 1. The van der Waals surface area contributed by atoms with Crippen molar-refractivity contribution in [2.45, 2.75) is 77.3 Å². The molecule has 9 nitrogen and oxygen atoms in total. The standard InChI is InChI=1S/C27H36O9/c1-18(34-17-20-10-7-6-8-11-20)23(30)16-22-14-21(15-24(31)33-5)25(35-19(2)29)27(32,36-22)26(3,4)12-9-13-28/h6-13,15,18,22-23,25,30,32H,14,16-17H2,1-5H3/b12-9+,21-15+/t18-,22+,23?,25+,27-/m1/s1. The highest BCUT2D eigenvalue weighted by atomic mass is 16.7. The fourth-order valence-electron chi connectivity index (χ4n) is 4.04. The number of aliphatic hydroxyl groups is 2. The van der Waals surface area contributed by atoms with E-state index >= 15 is 0 Å². The maximum Gasteiger partial charge on any atom is 0.330 e. The van der Waals surface area contributed by atoms with Crippen molar-refractivity contribution in [2.75, 3.05) is 7.11 Å². The number of ether oxygens (including phenoxy) is 4. The third-order valence-corrected chi connectivity index (χ3v) is 6.21. The molecule has 5 atom stereocenters. The maximum absolute atomic E-state index is 12.1. The molecule has 0 aliphatic carbocycles. The summed E-state index contributed by atoms with van der Waals surface area (Å²) in [6.07, 6.45) is 0.778. The SMILES string of the molecule is COC(=O)/C=C1\C[C@@H](CC(O)[C@@H](C)OCc2ccccc2)O[C@@](O)(C(C)(C)/C=C/C=O)[C@H]1OC(C)=O. The van der Waals surface area contributed by atoms with Crippen molar-refractivity contribution in [1.29, 1.82) is 0 Å². The summed E-state index contributed by atoms with van der Waals surface area (Å²) in [7, 11) is 1.20. The number of hydrogen-bond acceptors (Lipinski definition) is 9. The number of carbonyl (C=O) groups is 3. The lowest BCUT2D eigenvalue weighted by atomic mass is 9.74. The van der Waals surface area contributed by atoms with Gasteiger partial charge in [0.2, 0.25) is 5.79 Å². The fourth-order valence-corrected chi connectivity index (χ4v) is 4.04. The van der Waals surface area contributed by atoms with Gasteiger partial charge >= 0.3 is 11.9 Å². The van der Waals surface area contributed by atoms with Gasteiger partial charge in [0.1, 0.15) is 6.29 Å². The number of aldehydes is 1. The van der Waals surface area contributed by atoms with E-state index in [0.29, 0.717) is 12.9 Å². The van der Waals surface area contributed by atoms with Crippen molar-refractivity contribution in [3.8, 4) is 0 Å². The van der Waals surface area contributed by atoms with Crippen LogP contribution < -0.4 is 0 Å². The van der Waals surface area contributed by atoms with Crippen LogP contribution in [0.2, 0.25) is 0 Å². The van der Waals surface area contributed by atoms with E-state index in [2.05, 4.69) is 0 Å². The predicted molar refractivity (Wildman–Crippen MR) is 130 cm³/mol. The molecule has 2 N–H and O–H groups in total. The number of aliphatic hydroxyl groups excluding tert-OH is 1. The molecular weight excluding hydrogens is 468 g/mol. The summed E-state index contributed by atoms with van der Waals surface area (Å²) < 4.78 is 22.1. The van der Waals surface area contributed by atoms with Gasteiger partial charge in [-0.15, -0.1) is 0 Å². The van der Waals surface area contributed by atoms with Crippen LogP contribution in [0, 0.1) is 5.41 Å². The second-order valence-corrected chi connectivity index (χ2v) is 9.39. The molecule has 0 saturated carbocycles. The molecule has 1 aromatic rings. The summed E-state index contributed by atoms with van der Waals surface area (Å²) in [5, 5.41) is 22.6. The van der Waals surface area contributed by atoms with Gasteiger partial charge in [0.25, 0.3) is 0 Å². The zero-order valence-electron chi connectivity index (χ0n) is 21.4. The molecular formula is C27H36O9. The highest BCUT2D eigenvalue weighted by Crippen LogP contribution is 2.46. The average Bonchev–Trinajstić information content (AvgIpc) is 2.83. The Labute approximate surface area is 211 Å². The molecule has 0 radical (unpaired) electrons. The van der Waals surface area contributed by atoms with E-state index in [1.807, 2.05) is 30.3 Å². The van der Waals surface area contributed by atoms with E-state index in [9.17, 15) is 24.6 Å². The largest absolute Gasteiger partial charge is 0.466 e. The second-order valence-electron chi connectivity index (χ2n) is 9.39. The molecule has 1 aliphatic heterocycles. The van der Waals surface area contributed by atoms with Crippen LogP contribution in [0.1, 0.15) is 46.1 Å². The Kier molecular flexibility index (Phi) is 10.5. The molecule has 198 valence electrons. The number of rotatable bonds is 11. The monoisotopic (exact) mass is 504 g/mol. The minimum atomic E-state index is -2.17. The predicted octanol–water partition coefficient (Wildman–Crippen LogP) is 2.63. The molecule has 1 aromatic carbocycles. The molecule has 36 heavy (non-hydrogen) atoms. The van der Waals surface area contributed by atoms with Crippen LogP contribution in [-0.2, 0) is 39.9 Å². The third-order valence-electron chi connectivity index (χ3n) is 6.21. The van der Waals surface area contributed by atoms with E-state index in [0.717, 1.165) is 11.6 Å². The summed E-state index contributed by atoms with van der Waals surface area (Å²) in [6.45, 7) is 6.41. The van der Waals surface area contributed by atoms with E-state index < -0.39 is 47.6 Å². The Morgan fingerprint density at radius 2 is 1.94 bits per heavy atom. The number of carbonyl (C=O) groups excluding carboxylic acids is 3. The first-order chi connectivity index (χ1) is 16.9. The van der Waals surface area contributed by atoms with Crippen LogP contribution in [-0.4, -0.2) is 65.8 Å². The van der Waals surface area contributed by atoms with Crippen LogP contribution in [0.5, 0.6) is 0 Å². The molecule has 0 amide bonds. The molecule has 2 rings (SSSR count). The zero-order valence-corrected chi connectivity index (χ0v) is 21.4. The maximum atomic E-state index is 12.1. The third kappa shape index (κ3) is 7.57. The zero-order chi connectivity index (χ0) is 26.9. The van der Waals surface area contributed by atoms with Gasteiger partial charge < -0.3 is 29.2 Å². The lowest BCUT2D eigenvalue weighted by molar-refractivity contribution is -0.327. The summed E-state index contributed by atoms with van der Waals surface area (Å²) >= 11 is 0. The van der Waals surface area contributed by atoms with Crippen LogP contribution in [0.15, 0.2) is 54.1 Å². The van der Waals surface area contributed by atoms with E-state index in [1.165, 1.54) is 26.2 Å². The lowest BCUT2D eigenvalue weighted by Crippen LogP contribution is -2.62.